The summed E-state index contributed by atoms with van der Waals surface area (Å²) in [5, 5.41) is 18.8. The first-order valence-corrected chi connectivity index (χ1v) is 6.83. The Morgan fingerprint density at radius 3 is 2.94 bits per heavy atom. The van der Waals surface area contributed by atoms with E-state index in [1.165, 1.54) is 15.9 Å². The first kappa shape index (κ1) is 13.4. The van der Waals surface area contributed by atoms with Gasteiger partial charge in [0.2, 0.25) is 0 Å². The molecule has 1 unspecified atom stereocenters. The zero-order valence-corrected chi connectivity index (χ0v) is 11.5. The summed E-state index contributed by atoms with van der Waals surface area (Å²) in [5.41, 5.74) is -0.225. The molecule has 0 saturated carbocycles. The summed E-state index contributed by atoms with van der Waals surface area (Å²) in [5.74, 6) is 0. The van der Waals surface area contributed by atoms with E-state index < -0.39 is 12.7 Å². The summed E-state index contributed by atoms with van der Waals surface area (Å²) in [4.78, 5) is 17.1. The van der Waals surface area contributed by atoms with Crippen molar-refractivity contribution in [2.24, 2.45) is 0 Å². The first-order valence-electron chi connectivity index (χ1n) is 5.61. The van der Waals surface area contributed by atoms with E-state index >= 15 is 0 Å². The van der Waals surface area contributed by atoms with Gasteiger partial charge in [-0.25, -0.2) is 0 Å². The predicted octanol–water partition coefficient (Wildman–Crippen LogP) is 1.04. The summed E-state index contributed by atoms with van der Waals surface area (Å²) >= 11 is 6.61. The Morgan fingerprint density at radius 2 is 2.33 bits per heavy atom. The van der Waals surface area contributed by atoms with Crippen LogP contribution in [-0.2, 0) is 13.0 Å². The molecule has 3 N–H and O–H groups in total. The minimum atomic E-state index is -0.987. The maximum Gasteiger partial charge on any atom is 0.263 e. The highest BCUT2D eigenvalue weighted by Crippen LogP contribution is 2.21. The lowest BCUT2D eigenvalue weighted by Crippen LogP contribution is -2.29. The van der Waals surface area contributed by atoms with Crippen LogP contribution in [0.5, 0.6) is 0 Å². The fourth-order valence-electron chi connectivity index (χ4n) is 1.70. The molecule has 2 rings (SSSR count). The molecule has 0 aliphatic rings. The number of nitrogens with one attached hydrogen (secondary N) is 1. The van der Waals surface area contributed by atoms with E-state index in [1.807, 2.05) is 13.0 Å². The molecule has 0 bridgehead atoms. The first-order chi connectivity index (χ1) is 8.56. The van der Waals surface area contributed by atoms with Gasteiger partial charge in [0.1, 0.15) is 4.83 Å². The average molecular weight is 286 g/mol. The van der Waals surface area contributed by atoms with Gasteiger partial charge in [0.25, 0.3) is 5.56 Å². The van der Waals surface area contributed by atoms with E-state index in [1.54, 1.807) is 0 Å². The summed E-state index contributed by atoms with van der Waals surface area (Å²) in [6, 6.07) is 1.84. The van der Waals surface area contributed by atoms with Crippen molar-refractivity contribution in [3.63, 3.8) is 0 Å². The Kier molecular flexibility index (Phi) is 3.96. The van der Waals surface area contributed by atoms with Gasteiger partial charge < -0.3 is 15.2 Å². The number of aromatic nitrogens is 2. The summed E-state index contributed by atoms with van der Waals surface area (Å²) in [6.45, 7) is 1.62. The minimum Gasteiger partial charge on any atom is -0.394 e. The number of thiophene rings is 1. The van der Waals surface area contributed by atoms with Crippen LogP contribution in [0.2, 0.25) is 0 Å². The third-order valence-electron chi connectivity index (χ3n) is 2.68. The fourth-order valence-corrected chi connectivity index (χ4v) is 3.02. The number of aromatic amines is 1. The van der Waals surface area contributed by atoms with Crippen LogP contribution in [0.15, 0.2) is 10.9 Å². The average Bonchev–Trinajstić information content (AvgIpc) is 2.77. The van der Waals surface area contributed by atoms with Crippen molar-refractivity contribution in [3.05, 3.63) is 26.1 Å². The van der Waals surface area contributed by atoms with Gasteiger partial charge in [-0.1, -0.05) is 6.92 Å². The van der Waals surface area contributed by atoms with E-state index in [-0.39, 0.29) is 16.9 Å². The number of aliphatic hydroxyl groups excluding tert-OH is 2. The molecule has 98 valence electrons. The smallest absolute Gasteiger partial charge is 0.263 e. The maximum absolute atomic E-state index is 12.2. The largest absolute Gasteiger partial charge is 0.394 e. The van der Waals surface area contributed by atoms with Crippen LogP contribution in [0.4, 0.5) is 0 Å². The van der Waals surface area contributed by atoms with Gasteiger partial charge in [-0.15, -0.1) is 11.3 Å². The van der Waals surface area contributed by atoms with Gasteiger partial charge in [0.15, 0.2) is 4.77 Å². The molecule has 0 aliphatic carbocycles. The second kappa shape index (κ2) is 5.31. The topological polar surface area (TPSA) is 78.2 Å². The van der Waals surface area contributed by atoms with Crippen LogP contribution in [0.1, 0.15) is 11.8 Å². The number of H-pyrrole nitrogens is 1. The number of fused-ring (bicyclic) bond motifs is 1. The lowest BCUT2D eigenvalue weighted by Gasteiger charge is -2.09. The fraction of sp³-hybridized carbons (Fsp3) is 0.455. The quantitative estimate of drug-likeness (QED) is 0.734. The zero-order chi connectivity index (χ0) is 13.3. The number of hydrogen-bond acceptors (Lipinski definition) is 5. The lowest BCUT2D eigenvalue weighted by molar-refractivity contribution is 0.0799. The molecule has 5 nitrogen and oxygen atoms in total. The molecular weight excluding hydrogens is 272 g/mol. The van der Waals surface area contributed by atoms with Crippen molar-refractivity contribution in [1.82, 2.24) is 9.55 Å². The number of aliphatic hydroxyl groups is 2. The normalized spacial score (nSPS) is 13.1. The number of aryl methyl sites for hydroxylation is 1. The lowest BCUT2D eigenvalue weighted by atomic mass is 10.3. The van der Waals surface area contributed by atoms with Crippen LogP contribution < -0.4 is 5.56 Å². The third kappa shape index (κ3) is 2.39. The van der Waals surface area contributed by atoms with Crippen molar-refractivity contribution in [3.8, 4) is 0 Å². The molecule has 0 aromatic carbocycles. The van der Waals surface area contributed by atoms with E-state index in [0.717, 1.165) is 16.1 Å². The molecule has 2 aromatic heterocycles. The highest BCUT2D eigenvalue weighted by Gasteiger charge is 2.11. The van der Waals surface area contributed by atoms with Gasteiger partial charge in [-0.05, 0) is 24.7 Å². The van der Waals surface area contributed by atoms with Gasteiger partial charge in [-0.2, -0.15) is 0 Å². The Balaban J connectivity index is 2.61. The number of hydrogen-bond donors (Lipinski definition) is 3. The van der Waals surface area contributed by atoms with Gasteiger partial charge in [-0.3, -0.25) is 9.36 Å². The van der Waals surface area contributed by atoms with E-state index in [2.05, 4.69) is 4.98 Å². The van der Waals surface area contributed by atoms with E-state index in [0.29, 0.717) is 5.39 Å². The monoisotopic (exact) mass is 286 g/mol. The van der Waals surface area contributed by atoms with Crippen molar-refractivity contribution >= 4 is 33.8 Å². The SMILES string of the molecule is CCc1cc2c(=O)n(CC(O)CO)c(=S)[nH]c2s1. The molecular formula is C11H14N2O3S2. The number of nitrogens with zero attached hydrogens (tertiary/aromatic N) is 1. The van der Waals surface area contributed by atoms with Crippen molar-refractivity contribution in [2.75, 3.05) is 6.61 Å². The van der Waals surface area contributed by atoms with Crippen LogP contribution in [0, 0.1) is 4.77 Å². The van der Waals surface area contributed by atoms with Gasteiger partial charge in [0.05, 0.1) is 24.6 Å². The third-order valence-corrected chi connectivity index (χ3v) is 4.19. The van der Waals surface area contributed by atoms with E-state index in [4.69, 9.17) is 17.3 Å². The molecule has 0 radical (unpaired) electrons. The van der Waals surface area contributed by atoms with Crippen molar-refractivity contribution in [2.45, 2.75) is 26.0 Å². The van der Waals surface area contributed by atoms with E-state index in [9.17, 15) is 9.90 Å². The van der Waals surface area contributed by atoms with Crippen LogP contribution in [0.3, 0.4) is 0 Å². The molecule has 7 heteroatoms. The molecule has 0 fully saturated rings. The Hall–Kier alpha value is -1.02. The predicted molar refractivity (Wildman–Crippen MR) is 73.7 cm³/mol. The highest BCUT2D eigenvalue weighted by atomic mass is 32.1. The standard InChI is InChI=1S/C11H14N2O3S2/c1-2-7-3-8-9(18-7)12-11(17)13(10(8)16)4-6(15)5-14/h3,6,14-15H,2,4-5H2,1H3,(H,12,17). The molecule has 0 aliphatic heterocycles. The molecule has 2 heterocycles. The summed E-state index contributed by atoms with van der Waals surface area (Å²) < 4.78 is 1.55. The Morgan fingerprint density at radius 1 is 1.61 bits per heavy atom. The molecule has 1 atom stereocenters. The maximum atomic E-state index is 12.2. The summed E-state index contributed by atoms with van der Waals surface area (Å²) in [7, 11) is 0. The minimum absolute atomic E-state index is 0.00207. The molecule has 0 amide bonds. The van der Waals surface area contributed by atoms with Crippen LogP contribution in [-0.4, -0.2) is 32.5 Å². The Bertz CT molecular complexity index is 671. The molecule has 0 spiro atoms. The molecule has 0 saturated heterocycles. The Labute approximate surface area is 112 Å². The summed E-state index contributed by atoms with van der Waals surface area (Å²) in [6.07, 6.45) is -0.127. The second-order valence-corrected chi connectivity index (χ2v) is 5.51. The van der Waals surface area contributed by atoms with Crippen LogP contribution in [0.25, 0.3) is 10.2 Å². The van der Waals surface area contributed by atoms with Gasteiger partial charge in [0, 0.05) is 4.88 Å². The van der Waals surface area contributed by atoms with Crippen LogP contribution >= 0.6 is 23.6 Å². The highest BCUT2D eigenvalue weighted by molar-refractivity contribution is 7.71. The van der Waals surface area contributed by atoms with Crippen molar-refractivity contribution < 1.29 is 10.2 Å². The second-order valence-electron chi connectivity index (χ2n) is 3.99. The number of rotatable bonds is 4. The van der Waals surface area contributed by atoms with Gasteiger partial charge >= 0.3 is 0 Å². The molecule has 18 heavy (non-hydrogen) atoms. The van der Waals surface area contributed by atoms with Crippen molar-refractivity contribution in [1.29, 1.82) is 0 Å². The molecule has 2 aromatic rings. The zero-order valence-electron chi connectivity index (χ0n) is 9.84.